The highest BCUT2D eigenvalue weighted by molar-refractivity contribution is 4.91. The summed E-state index contributed by atoms with van der Waals surface area (Å²) in [7, 11) is 2.23. The Morgan fingerprint density at radius 1 is 1.42 bits per heavy atom. The molecule has 0 aromatic heterocycles. The summed E-state index contributed by atoms with van der Waals surface area (Å²) in [5.41, 5.74) is 0.532. The van der Waals surface area contributed by atoms with Crippen molar-refractivity contribution < 1.29 is 4.74 Å². The standard InChI is InChI=1S/C10H19NO/c1-9-3-4-11(2)6-10(5-9)7-12-8-10/h9H,3-8H2,1-2H3. The second-order valence-electron chi connectivity index (χ2n) is 4.83. The van der Waals surface area contributed by atoms with Crippen LogP contribution in [0.5, 0.6) is 0 Å². The van der Waals surface area contributed by atoms with Crippen molar-refractivity contribution in [3.8, 4) is 0 Å². The van der Waals surface area contributed by atoms with Gasteiger partial charge in [0.2, 0.25) is 0 Å². The van der Waals surface area contributed by atoms with E-state index in [9.17, 15) is 0 Å². The number of ether oxygens (including phenoxy) is 1. The Morgan fingerprint density at radius 2 is 2.17 bits per heavy atom. The fourth-order valence-corrected chi connectivity index (χ4v) is 2.60. The van der Waals surface area contributed by atoms with Crippen LogP contribution in [0.25, 0.3) is 0 Å². The second kappa shape index (κ2) is 3.00. The largest absolute Gasteiger partial charge is 0.380 e. The van der Waals surface area contributed by atoms with Gasteiger partial charge in [-0.05, 0) is 32.4 Å². The highest BCUT2D eigenvalue weighted by atomic mass is 16.5. The fraction of sp³-hybridized carbons (Fsp3) is 1.00. The zero-order chi connectivity index (χ0) is 8.60. The van der Waals surface area contributed by atoms with Gasteiger partial charge in [-0.25, -0.2) is 0 Å². The molecule has 0 aliphatic carbocycles. The fourth-order valence-electron chi connectivity index (χ4n) is 2.60. The third kappa shape index (κ3) is 1.50. The van der Waals surface area contributed by atoms with Crippen LogP contribution in [0.1, 0.15) is 19.8 Å². The van der Waals surface area contributed by atoms with Crippen LogP contribution < -0.4 is 0 Å². The van der Waals surface area contributed by atoms with E-state index >= 15 is 0 Å². The molecule has 70 valence electrons. The van der Waals surface area contributed by atoms with E-state index in [-0.39, 0.29) is 0 Å². The molecule has 2 aliphatic rings. The Labute approximate surface area is 74.9 Å². The summed E-state index contributed by atoms with van der Waals surface area (Å²) in [4.78, 5) is 2.46. The Kier molecular flexibility index (Phi) is 2.13. The van der Waals surface area contributed by atoms with Gasteiger partial charge < -0.3 is 9.64 Å². The first-order chi connectivity index (χ1) is 5.70. The van der Waals surface area contributed by atoms with Gasteiger partial charge in [0.05, 0.1) is 13.2 Å². The van der Waals surface area contributed by atoms with Crippen LogP contribution in [0.4, 0.5) is 0 Å². The molecule has 2 aliphatic heterocycles. The maximum absolute atomic E-state index is 5.34. The van der Waals surface area contributed by atoms with Gasteiger partial charge in [-0.3, -0.25) is 0 Å². The molecule has 0 aromatic rings. The minimum absolute atomic E-state index is 0.532. The van der Waals surface area contributed by atoms with Crippen molar-refractivity contribution in [3.05, 3.63) is 0 Å². The van der Waals surface area contributed by atoms with Crippen LogP contribution in [0, 0.1) is 11.3 Å². The van der Waals surface area contributed by atoms with E-state index in [1.54, 1.807) is 0 Å². The van der Waals surface area contributed by atoms with Crippen molar-refractivity contribution in [2.75, 3.05) is 33.4 Å². The lowest BCUT2D eigenvalue weighted by Crippen LogP contribution is -2.49. The molecule has 0 saturated carbocycles. The van der Waals surface area contributed by atoms with Crippen LogP contribution in [0.2, 0.25) is 0 Å². The van der Waals surface area contributed by atoms with Crippen LogP contribution in [0.3, 0.4) is 0 Å². The van der Waals surface area contributed by atoms with Gasteiger partial charge in [0.15, 0.2) is 0 Å². The third-order valence-electron chi connectivity index (χ3n) is 3.21. The minimum atomic E-state index is 0.532. The molecule has 2 fully saturated rings. The van der Waals surface area contributed by atoms with Crippen molar-refractivity contribution in [3.63, 3.8) is 0 Å². The second-order valence-corrected chi connectivity index (χ2v) is 4.83. The summed E-state index contributed by atoms with van der Waals surface area (Å²) in [5.74, 6) is 0.888. The van der Waals surface area contributed by atoms with Crippen molar-refractivity contribution in [2.24, 2.45) is 11.3 Å². The molecular formula is C10H19NO. The monoisotopic (exact) mass is 169 g/mol. The summed E-state index contributed by atoms with van der Waals surface area (Å²) in [6.07, 6.45) is 2.73. The van der Waals surface area contributed by atoms with Gasteiger partial charge in [0, 0.05) is 12.0 Å². The summed E-state index contributed by atoms with van der Waals surface area (Å²) in [5, 5.41) is 0. The first kappa shape index (κ1) is 8.52. The highest BCUT2D eigenvalue weighted by Crippen LogP contribution is 2.38. The molecule has 0 amide bonds. The molecule has 2 rings (SSSR count). The van der Waals surface area contributed by atoms with E-state index in [0.717, 1.165) is 19.1 Å². The van der Waals surface area contributed by atoms with Crippen molar-refractivity contribution in [1.29, 1.82) is 0 Å². The average molecular weight is 169 g/mol. The Morgan fingerprint density at radius 3 is 2.75 bits per heavy atom. The number of likely N-dealkylation sites (tertiary alicyclic amines) is 1. The summed E-state index contributed by atoms with van der Waals surface area (Å²) >= 11 is 0. The minimum Gasteiger partial charge on any atom is -0.380 e. The number of hydrogen-bond acceptors (Lipinski definition) is 2. The van der Waals surface area contributed by atoms with Gasteiger partial charge in [0.1, 0.15) is 0 Å². The van der Waals surface area contributed by atoms with E-state index in [1.807, 2.05) is 0 Å². The van der Waals surface area contributed by atoms with Crippen LogP contribution in [-0.4, -0.2) is 38.3 Å². The molecule has 0 bridgehead atoms. The molecule has 0 radical (unpaired) electrons. The smallest absolute Gasteiger partial charge is 0.0557 e. The molecule has 1 unspecified atom stereocenters. The molecule has 0 aromatic carbocycles. The zero-order valence-electron chi connectivity index (χ0n) is 8.18. The van der Waals surface area contributed by atoms with Crippen molar-refractivity contribution >= 4 is 0 Å². The lowest BCUT2D eigenvalue weighted by molar-refractivity contribution is -0.128. The van der Waals surface area contributed by atoms with Crippen molar-refractivity contribution in [1.82, 2.24) is 4.90 Å². The topological polar surface area (TPSA) is 12.5 Å². The average Bonchev–Trinajstić information content (AvgIpc) is 2.09. The molecule has 2 heteroatoms. The molecule has 1 atom stereocenters. The van der Waals surface area contributed by atoms with E-state index in [0.29, 0.717) is 5.41 Å². The predicted molar refractivity (Wildman–Crippen MR) is 49.1 cm³/mol. The molecule has 2 heterocycles. The van der Waals surface area contributed by atoms with E-state index < -0.39 is 0 Å². The molecule has 0 N–H and O–H groups in total. The first-order valence-electron chi connectivity index (χ1n) is 4.97. The van der Waals surface area contributed by atoms with Crippen molar-refractivity contribution in [2.45, 2.75) is 19.8 Å². The Balaban J connectivity index is 2.02. The predicted octanol–water partition coefficient (Wildman–Crippen LogP) is 1.36. The van der Waals surface area contributed by atoms with Gasteiger partial charge in [-0.1, -0.05) is 6.92 Å². The third-order valence-corrected chi connectivity index (χ3v) is 3.21. The quantitative estimate of drug-likeness (QED) is 0.543. The molecule has 2 saturated heterocycles. The number of nitrogens with zero attached hydrogens (tertiary/aromatic N) is 1. The zero-order valence-corrected chi connectivity index (χ0v) is 8.18. The molecule has 12 heavy (non-hydrogen) atoms. The van der Waals surface area contributed by atoms with Crippen LogP contribution in [-0.2, 0) is 4.74 Å². The number of hydrogen-bond donors (Lipinski definition) is 0. The van der Waals surface area contributed by atoms with Gasteiger partial charge in [-0.2, -0.15) is 0 Å². The van der Waals surface area contributed by atoms with E-state index in [1.165, 1.54) is 25.9 Å². The first-order valence-corrected chi connectivity index (χ1v) is 4.97. The molecule has 2 nitrogen and oxygen atoms in total. The Bertz CT molecular complexity index is 151. The molecular weight excluding hydrogens is 150 g/mol. The maximum atomic E-state index is 5.34. The SMILES string of the molecule is CC1CCN(C)CC2(COC2)C1. The van der Waals surface area contributed by atoms with E-state index in [4.69, 9.17) is 4.74 Å². The maximum Gasteiger partial charge on any atom is 0.0557 e. The van der Waals surface area contributed by atoms with E-state index in [2.05, 4.69) is 18.9 Å². The summed E-state index contributed by atoms with van der Waals surface area (Å²) in [6.45, 7) is 6.89. The summed E-state index contributed by atoms with van der Waals surface area (Å²) < 4.78 is 5.34. The normalized spacial score (nSPS) is 36.0. The highest BCUT2D eigenvalue weighted by Gasteiger charge is 2.41. The molecule has 1 spiro atoms. The van der Waals surface area contributed by atoms with Gasteiger partial charge in [-0.15, -0.1) is 0 Å². The van der Waals surface area contributed by atoms with Crippen LogP contribution >= 0.6 is 0 Å². The van der Waals surface area contributed by atoms with Crippen LogP contribution in [0.15, 0.2) is 0 Å². The van der Waals surface area contributed by atoms with Gasteiger partial charge in [0.25, 0.3) is 0 Å². The van der Waals surface area contributed by atoms with Gasteiger partial charge >= 0.3 is 0 Å². The summed E-state index contributed by atoms with van der Waals surface area (Å²) in [6, 6.07) is 0. The Hall–Kier alpha value is -0.0800. The lowest BCUT2D eigenvalue weighted by atomic mass is 9.78. The lowest BCUT2D eigenvalue weighted by Gasteiger charge is -2.43. The number of rotatable bonds is 0.